The highest BCUT2D eigenvalue weighted by Crippen LogP contribution is 2.22. The molecule has 1 amide bonds. The van der Waals surface area contributed by atoms with E-state index in [-0.39, 0.29) is 30.8 Å². The Bertz CT molecular complexity index is 228. The first kappa shape index (κ1) is 12.2. The zero-order valence-electron chi connectivity index (χ0n) is 9.00. The minimum Gasteiger partial charge on any atom is -0.395 e. The third kappa shape index (κ3) is 4.42. The summed E-state index contributed by atoms with van der Waals surface area (Å²) in [6.45, 7) is 0.226. The number of rotatable bonds is 4. The molecule has 0 aliphatic heterocycles. The van der Waals surface area contributed by atoms with Gasteiger partial charge in [0.05, 0.1) is 6.61 Å². The molecule has 1 atom stereocenters. The van der Waals surface area contributed by atoms with Crippen molar-refractivity contribution in [1.82, 2.24) is 5.32 Å². The second-order valence-electron chi connectivity index (χ2n) is 4.04. The first-order valence-corrected chi connectivity index (χ1v) is 5.64. The third-order valence-electron chi connectivity index (χ3n) is 2.80. The number of aliphatic hydroxyl groups is 1. The van der Waals surface area contributed by atoms with Gasteiger partial charge in [0.15, 0.2) is 0 Å². The van der Waals surface area contributed by atoms with Crippen LogP contribution in [0.3, 0.4) is 0 Å². The normalized spacial score (nSPS) is 22.2. The van der Waals surface area contributed by atoms with Crippen molar-refractivity contribution in [1.29, 1.82) is 0 Å². The number of hydrogen-bond donors (Lipinski definition) is 2. The van der Waals surface area contributed by atoms with E-state index in [1.807, 2.05) is 0 Å². The number of ketones is 1. The van der Waals surface area contributed by atoms with E-state index in [1.54, 1.807) is 0 Å². The van der Waals surface area contributed by atoms with Gasteiger partial charge in [0.1, 0.15) is 5.78 Å². The van der Waals surface area contributed by atoms with Crippen molar-refractivity contribution in [2.45, 2.75) is 38.5 Å². The summed E-state index contributed by atoms with van der Waals surface area (Å²) in [4.78, 5) is 22.9. The van der Waals surface area contributed by atoms with Crippen molar-refractivity contribution in [2.24, 2.45) is 5.92 Å². The molecule has 1 rings (SSSR count). The van der Waals surface area contributed by atoms with Crippen molar-refractivity contribution in [3.8, 4) is 0 Å². The minimum absolute atomic E-state index is 0.0512. The quantitative estimate of drug-likeness (QED) is 0.673. The van der Waals surface area contributed by atoms with Crippen LogP contribution in [-0.2, 0) is 9.59 Å². The summed E-state index contributed by atoms with van der Waals surface area (Å²) in [5, 5.41) is 11.1. The Kier molecular flexibility index (Phi) is 5.32. The van der Waals surface area contributed by atoms with Crippen LogP contribution in [0.2, 0.25) is 0 Å². The van der Waals surface area contributed by atoms with E-state index in [2.05, 4.69) is 5.32 Å². The van der Waals surface area contributed by atoms with Gasteiger partial charge in [-0.05, 0) is 12.8 Å². The number of Topliss-reactive ketones (excluding diaryl/α,β-unsaturated/α-hetero) is 1. The summed E-state index contributed by atoms with van der Waals surface area (Å²) >= 11 is 0. The minimum atomic E-state index is -0.121. The lowest BCUT2D eigenvalue weighted by Gasteiger charge is -2.12. The molecule has 0 aromatic carbocycles. The molecule has 0 heterocycles. The van der Waals surface area contributed by atoms with Gasteiger partial charge < -0.3 is 10.4 Å². The second kappa shape index (κ2) is 6.56. The Morgan fingerprint density at radius 1 is 1.40 bits per heavy atom. The molecule has 4 heteroatoms. The lowest BCUT2D eigenvalue weighted by atomic mass is 9.95. The van der Waals surface area contributed by atoms with Crippen LogP contribution in [-0.4, -0.2) is 29.9 Å². The van der Waals surface area contributed by atoms with Gasteiger partial charge in [-0.15, -0.1) is 0 Å². The monoisotopic (exact) mass is 213 g/mol. The number of carbonyl (C=O) groups is 2. The summed E-state index contributed by atoms with van der Waals surface area (Å²) in [6, 6.07) is 0. The van der Waals surface area contributed by atoms with Gasteiger partial charge in [-0.2, -0.15) is 0 Å². The summed E-state index contributed by atoms with van der Waals surface area (Å²) in [5.74, 6) is 0.0159. The molecule has 0 spiro atoms. The third-order valence-corrected chi connectivity index (χ3v) is 2.80. The molecule has 1 aliphatic rings. The second-order valence-corrected chi connectivity index (χ2v) is 4.04. The van der Waals surface area contributed by atoms with Crippen LogP contribution in [0.5, 0.6) is 0 Å². The molecule has 0 radical (unpaired) electrons. The highest BCUT2D eigenvalue weighted by atomic mass is 16.3. The van der Waals surface area contributed by atoms with Crippen LogP contribution >= 0.6 is 0 Å². The van der Waals surface area contributed by atoms with Gasteiger partial charge in [-0.25, -0.2) is 0 Å². The predicted octanol–water partition coefficient (Wildman–Crippen LogP) is 0.634. The molecule has 1 unspecified atom stereocenters. The Morgan fingerprint density at radius 2 is 2.20 bits per heavy atom. The highest BCUT2D eigenvalue weighted by molar-refractivity contribution is 5.87. The molecule has 4 nitrogen and oxygen atoms in total. The molecule has 0 aromatic heterocycles. The molecule has 0 aromatic rings. The zero-order chi connectivity index (χ0) is 11.1. The van der Waals surface area contributed by atoms with Crippen molar-refractivity contribution in [2.75, 3.05) is 13.2 Å². The summed E-state index contributed by atoms with van der Waals surface area (Å²) < 4.78 is 0. The van der Waals surface area contributed by atoms with E-state index >= 15 is 0 Å². The average molecular weight is 213 g/mol. The Labute approximate surface area is 90.0 Å². The Morgan fingerprint density at radius 3 is 2.93 bits per heavy atom. The van der Waals surface area contributed by atoms with Crippen molar-refractivity contribution in [3.63, 3.8) is 0 Å². The van der Waals surface area contributed by atoms with Crippen LogP contribution in [0.15, 0.2) is 0 Å². The first-order chi connectivity index (χ1) is 7.24. The Hall–Kier alpha value is -0.900. The van der Waals surface area contributed by atoms with E-state index in [4.69, 9.17) is 5.11 Å². The number of aliphatic hydroxyl groups excluding tert-OH is 1. The fraction of sp³-hybridized carbons (Fsp3) is 0.818. The van der Waals surface area contributed by atoms with Gasteiger partial charge in [0.25, 0.3) is 0 Å². The van der Waals surface area contributed by atoms with Gasteiger partial charge in [-0.3, -0.25) is 9.59 Å². The van der Waals surface area contributed by atoms with Crippen LogP contribution < -0.4 is 5.32 Å². The van der Waals surface area contributed by atoms with Crippen LogP contribution in [0.4, 0.5) is 0 Å². The number of hydrogen-bond acceptors (Lipinski definition) is 3. The fourth-order valence-electron chi connectivity index (χ4n) is 1.94. The predicted molar refractivity (Wildman–Crippen MR) is 56.3 cm³/mol. The van der Waals surface area contributed by atoms with Crippen LogP contribution in [0.25, 0.3) is 0 Å². The molecule has 86 valence electrons. The standard InChI is InChI=1S/C11H19NO3/c13-7-6-12-11(15)8-9-4-2-1-3-5-10(9)14/h9,13H,1-8H2,(H,12,15). The topological polar surface area (TPSA) is 66.4 Å². The van der Waals surface area contributed by atoms with E-state index < -0.39 is 0 Å². The maximum atomic E-state index is 11.6. The van der Waals surface area contributed by atoms with E-state index in [9.17, 15) is 9.59 Å². The molecular formula is C11H19NO3. The van der Waals surface area contributed by atoms with E-state index in [1.165, 1.54) is 0 Å². The van der Waals surface area contributed by atoms with Crippen molar-refractivity contribution >= 4 is 11.7 Å². The first-order valence-electron chi connectivity index (χ1n) is 5.64. The molecule has 0 bridgehead atoms. The lowest BCUT2D eigenvalue weighted by Crippen LogP contribution is -2.30. The molecule has 15 heavy (non-hydrogen) atoms. The number of amides is 1. The summed E-state index contributed by atoms with van der Waals surface area (Å²) in [7, 11) is 0. The SMILES string of the molecule is O=C(CC1CCCCCC1=O)NCCO. The largest absolute Gasteiger partial charge is 0.395 e. The van der Waals surface area contributed by atoms with Gasteiger partial charge in [0, 0.05) is 25.3 Å². The number of nitrogens with one attached hydrogen (secondary N) is 1. The van der Waals surface area contributed by atoms with Gasteiger partial charge >= 0.3 is 0 Å². The average Bonchev–Trinajstić information content (AvgIpc) is 2.42. The molecule has 1 fully saturated rings. The molecule has 2 N–H and O–H groups in total. The fourth-order valence-corrected chi connectivity index (χ4v) is 1.94. The van der Waals surface area contributed by atoms with E-state index in [0.717, 1.165) is 25.7 Å². The summed E-state index contributed by atoms with van der Waals surface area (Å²) in [5.41, 5.74) is 0. The lowest BCUT2D eigenvalue weighted by molar-refractivity contribution is -0.129. The maximum absolute atomic E-state index is 11.6. The maximum Gasteiger partial charge on any atom is 0.220 e. The molecule has 1 saturated carbocycles. The van der Waals surface area contributed by atoms with Crippen molar-refractivity contribution in [3.05, 3.63) is 0 Å². The highest BCUT2D eigenvalue weighted by Gasteiger charge is 2.22. The number of carbonyl (C=O) groups excluding carboxylic acids is 2. The van der Waals surface area contributed by atoms with Crippen LogP contribution in [0, 0.1) is 5.92 Å². The molecular weight excluding hydrogens is 194 g/mol. The van der Waals surface area contributed by atoms with Gasteiger partial charge in [-0.1, -0.05) is 12.8 Å². The van der Waals surface area contributed by atoms with E-state index in [0.29, 0.717) is 12.8 Å². The molecule has 1 aliphatic carbocycles. The van der Waals surface area contributed by atoms with Gasteiger partial charge in [0.2, 0.25) is 5.91 Å². The zero-order valence-corrected chi connectivity index (χ0v) is 9.00. The van der Waals surface area contributed by atoms with Crippen molar-refractivity contribution < 1.29 is 14.7 Å². The van der Waals surface area contributed by atoms with Crippen LogP contribution in [0.1, 0.15) is 38.5 Å². The molecule has 0 saturated heterocycles. The smallest absolute Gasteiger partial charge is 0.220 e. The Balaban J connectivity index is 2.34. The summed E-state index contributed by atoms with van der Waals surface area (Å²) in [6.07, 6.45) is 4.86.